The number of nitrogens with one attached hydrogen (secondary N) is 1. The van der Waals surface area contributed by atoms with Crippen molar-refractivity contribution in [1.82, 2.24) is 4.98 Å². The van der Waals surface area contributed by atoms with Crippen molar-refractivity contribution >= 4 is 29.1 Å². The van der Waals surface area contributed by atoms with Crippen molar-refractivity contribution in [2.75, 3.05) is 35.3 Å². The molecule has 1 unspecified atom stereocenters. The highest BCUT2D eigenvalue weighted by molar-refractivity contribution is 7.98. The van der Waals surface area contributed by atoms with Gasteiger partial charge in [0.1, 0.15) is 11.6 Å². The Balaban J connectivity index is 2.47. The first-order valence-electron chi connectivity index (χ1n) is 4.88. The summed E-state index contributed by atoms with van der Waals surface area (Å²) in [4.78, 5) is 4.14. The van der Waals surface area contributed by atoms with Crippen LogP contribution in [-0.4, -0.2) is 23.5 Å². The average Bonchev–Trinajstić information content (AvgIpc) is 2.20. The van der Waals surface area contributed by atoms with E-state index in [0.717, 1.165) is 18.1 Å². The summed E-state index contributed by atoms with van der Waals surface area (Å²) >= 11 is 1.85. The first-order valence-corrected chi connectivity index (χ1v) is 6.27. The minimum Gasteiger partial charge on any atom is -0.396 e. The predicted octanol–water partition coefficient (Wildman–Crippen LogP) is 1.66. The van der Waals surface area contributed by atoms with E-state index < -0.39 is 0 Å². The molecule has 0 radical (unpaired) electrons. The Labute approximate surface area is 94.8 Å². The second-order valence-electron chi connectivity index (χ2n) is 3.61. The molecule has 4 nitrogen and oxygen atoms in total. The Hall–Kier alpha value is -1.10. The van der Waals surface area contributed by atoms with Gasteiger partial charge in [-0.15, -0.1) is 0 Å². The molecule has 1 aromatic heterocycles. The molecule has 0 aliphatic heterocycles. The lowest BCUT2D eigenvalue weighted by molar-refractivity contribution is 0.700. The number of aromatic nitrogens is 1. The molecule has 5 N–H and O–H groups in total. The zero-order valence-corrected chi connectivity index (χ0v) is 9.97. The van der Waals surface area contributed by atoms with Crippen LogP contribution in [0.2, 0.25) is 0 Å². The Morgan fingerprint density at radius 2 is 2.20 bits per heavy atom. The van der Waals surface area contributed by atoms with Crippen molar-refractivity contribution in [3.63, 3.8) is 0 Å². The Kier molecular flexibility index (Phi) is 4.55. The molecule has 0 aromatic carbocycles. The molecule has 1 heterocycles. The number of anilines is 3. The quantitative estimate of drug-likeness (QED) is 0.711. The number of pyridine rings is 1. The van der Waals surface area contributed by atoms with Crippen LogP contribution in [0.4, 0.5) is 17.3 Å². The summed E-state index contributed by atoms with van der Waals surface area (Å²) in [6.07, 6.45) is 2.11. The van der Waals surface area contributed by atoms with Crippen molar-refractivity contribution in [3.8, 4) is 0 Å². The predicted molar refractivity (Wildman–Crippen MR) is 69.1 cm³/mol. The third-order valence-electron chi connectivity index (χ3n) is 2.04. The second-order valence-corrected chi connectivity index (χ2v) is 4.52. The lowest BCUT2D eigenvalue weighted by Crippen LogP contribution is -2.14. The molecule has 0 aliphatic rings. The van der Waals surface area contributed by atoms with Crippen LogP contribution in [0.25, 0.3) is 0 Å². The first kappa shape index (κ1) is 12.0. The molecule has 0 fully saturated rings. The third-order valence-corrected chi connectivity index (χ3v) is 2.94. The van der Waals surface area contributed by atoms with Crippen LogP contribution in [0.15, 0.2) is 12.1 Å². The van der Waals surface area contributed by atoms with Gasteiger partial charge in [-0.3, -0.25) is 0 Å². The van der Waals surface area contributed by atoms with E-state index in [1.54, 1.807) is 6.07 Å². The fraction of sp³-hybridized carbons (Fsp3) is 0.500. The van der Waals surface area contributed by atoms with Crippen molar-refractivity contribution in [1.29, 1.82) is 0 Å². The van der Waals surface area contributed by atoms with E-state index >= 15 is 0 Å². The maximum absolute atomic E-state index is 5.61. The molecule has 0 spiro atoms. The molecule has 0 saturated heterocycles. The van der Waals surface area contributed by atoms with Gasteiger partial charge >= 0.3 is 0 Å². The highest BCUT2D eigenvalue weighted by Crippen LogP contribution is 2.15. The van der Waals surface area contributed by atoms with Crippen molar-refractivity contribution < 1.29 is 0 Å². The van der Waals surface area contributed by atoms with Gasteiger partial charge in [-0.1, -0.05) is 6.92 Å². The molecule has 1 atom stereocenters. The molecule has 84 valence electrons. The molecule has 15 heavy (non-hydrogen) atoms. The SMILES string of the molecule is CSCC(C)CNc1ccc(N)c(N)n1. The van der Waals surface area contributed by atoms with E-state index in [2.05, 4.69) is 23.5 Å². The van der Waals surface area contributed by atoms with E-state index in [4.69, 9.17) is 11.5 Å². The van der Waals surface area contributed by atoms with Gasteiger partial charge in [-0.25, -0.2) is 4.98 Å². The van der Waals surface area contributed by atoms with Gasteiger partial charge in [0, 0.05) is 6.54 Å². The summed E-state index contributed by atoms with van der Waals surface area (Å²) in [5.74, 6) is 2.92. The lowest BCUT2D eigenvalue weighted by Gasteiger charge is -2.12. The lowest BCUT2D eigenvalue weighted by atomic mass is 10.2. The van der Waals surface area contributed by atoms with Gasteiger partial charge in [-0.05, 0) is 30.1 Å². The standard InChI is InChI=1S/C10H18N4S/c1-7(6-15-2)5-13-9-4-3-8(11)10(12)14-9/h3-4,7H,5-6,11H2,1-2H3,(H3,12,13,14). The van der Waals surface area contributed by atoms with Crippen LogP contribution >= 0.6 is 11.8 Å². The molecule has 0 saturated carbocycles. The summed E-state index contributed by atoms with van der Waals surface area (Å²) in [5, 5.41) is 3.24. The van der Waals surface area contributed by atoms with Crippen LogP contribution in [0, 0.1) is 5.92 Å². The molecule has 5 heteroatoms. The summed E-state index contributed by atoms with van der Waals surface area (Å²) in [5.41, 5.74) is 11.7. The van der Waals surface area contributed by atoms with Crippen LogP contribution in [-0.2, 0) is 0 Å². The van der Waals surface area contributed by atoms with Gasteiger partial charge in [0.2, 0.25) is 0 Å². The summed E-state index contributed by atoms with van der Waals surface area (Å²) in [6, 6.07) is 3.61. The topological polar surface area (TPSA) is 77.0 Å². The fourth-order valence-corrected chi connectivity index (χ4v) is 1.89. The normalized spacial score (nSPS) is 12.4. The van der Waals surface area contributed by atoms with Crippen LogP contribution in [0.1, 0.15) is 6.92 Å². The molecule has 0 bridgehead atoms. The van der Waals surface area contributed by atoms with Crippen molar-refractivity contribution in [2.24, 2.45) is 5.92 Å². The smallest absolute Gasteiger partial charge is 0.149 e. The van der Waals surface area contributed by atoms with Gasteiger partial charge in [0.15, 0.2) is 0 Å². The van der Waals surface area contributed by atoms with Gasteiger partial charge in [-0.2, -0.15) is 11.8 Å². The van der Waals surface area contributed by atoms with E-state index in [9.17, 15) is 0 Å². The van der Waals surface area contributed by atoms with Crippen LogP contribution in [0.3, 0.4) is 0 Å². The van der Waals surface area contributed by atoms with Crippen LogP contribution in [0.5, 0.6) is 0 Å². The van der Waals surface area contributed by atoms with E-state index in [1.165, 1.54) is 0 Å². The number of nitrogens with two attached hydrogens (primary N) is 2. The van der Waals surface area contributed by atoms with E-state index in [1.807, 2.05) is 17.8 Å². The first-order chi connectivity index (χ1) is 7.13. The second kappa shape index (κ2) is 5.70. The monoisotopic (exact) mass is 226 g/mol. The van der Waals surface area contributed by atoms with Gasteiger partial charge in [0.25, 0.3) is 0 Å². The zero-order valence-electron chi connectivity index (χ0n) is 9.16. The third kappa shape index (κ3) is 3.87. The minimum absolute atomic E-state index is 0.387. The highest BCUT2D eigenvalue weighted by Gasteiger charge is 2.02. The number of hydrogen-bond acceptors (Lipinski definition) is 5. The Morgan fingerprint density at radius 1 is 1.47 bits per heavy atom. The van der Waals surface area contributed by atoms with E-state index in [-0.39, 0.29) is 0 Å². The number of hydrogen-bond donors (Lipinski definition) is 3. The van der Waals surface area contributed by atoms with Crippen molar-refractivity contribution in [2.45, 2.75) is 6.92 Å². The number of rotatable bonds is 5. The summed E-state index contributed by atoms with van der Waals surface area (Å²) in [6.45, 7) is 3.10. The molecular formula is C10H18N4S. The number of thioether (sulfide) groups is 1. The summed E-state index contributed by atoms with van der Waals surface area (Å²) in [7, 11) is 0. The molecular weight excluding hydrogens is 208 g/mol. The number of nitrogen functional groups attached to an aromatic ring is 2. The highest BCUT2D eigenvalue weighted by atomic mass is 32.2. The average molecular weight is 226 g/mol. The number of nitrogens with zero attached hydrogens (tertiary/aromatic N) is 1. The minimum atomic E-state index is 0.387. The fourth-order valence-electron chi connectivity index (χ4n) is 1.21. The Bertz CT molecular complexity index is 316. The van der Waals surface area contributed by atoms with Crippen molar-refractivity contribution in [3.05, 3.63) is 12.1 Å². The summed E-state index contributed by atoms with van der Waals surface area (Å²) < 4.78 is 0. The van der Waals surface area contributed by atoms with E-state index in [0.29, 0.717) is 17.4 Å². The Morgan fingerprint density at radius 3 is 2.80 bits per heavy atom. The molecule has 1 aromatic rings. The van der Waals surface area contributed by atoms with Gasteiger partial charge < -0.3 is 16.8 Å². The van der Waals surface area contributed by atoms with Gasteiger partial charge in [0.05, 0.1) is 5.69 Å². The largest absolute Gasteiger partial charge is 0.396 e. The maximum Gasteiger partial charge on any atom is 0.149 e. The maximum atomic E-state index is 5.61. The van der Waals surface area contributed by atoms with Crippen LogP contribution < -0.4 is 16.8 Å². The molecule has 1 rings (SSSR count). The molecule has 0 amide bonds. The zero-order chi connectivity index (χ0) is 11.3. The molecule has 0 aliphatic carbocycles.